The number of piperidine rings is 1. The van der Waals surface area contributed by atoms with Crippen molar-refractivity contribution in [1.82, 2.24) is 5.32 Å². The van der Waals surface area contributed by atoms with Crippen LogP contribution in [0.3, 0.4) is 0 Å². The number of aliphatic carboxylic acids is 1. The van der Waals surface area contributed by atoms with Gasteiger partial charge in [-0.25, -0.2) is 0 Å². The number of ether oxygens (including phenoxy) is 1. The van der Waals surface area contributed by atoms with Gasteiger partial charge in [-0.1, -0.05) is 6.42 Å². The Morgan fingerprint density at radius 2 is 2.00 bits per heavy atom. The summed E-state index contributed by atoms with van der Waals surface area (Å²) in [5.74, 6) is -0.479. The molecule has 0 spiro atoms. The van der Waals surface area contributed by atoms with Crippen molar-refractivity contribution >= 4 is 5.97 Å². The number of fused-ring (bicyclic) bond motifs is 1. The Bertz CT molecular complexity index is 417. The first-order valence-corrected chi connectivity index (χ1v) is 9.41. The fourth-order valence-electron chi connectivity index (χ4n) is 5.23. The van der Waals surface area contributed by atoms with Gasteiger partial charge in [-0.3, -0.25) is 0 Å². The Labute approximate surface area is 139 Å². The van der Waals surface area contributed by atoms with E-state index in [0.717, 1.165) is 32.1 Å². The van der Waals surface area contributed by atoms with Crippen LogP contribution in [0.25, 0.3) is 0 Å². The minimum atomic E-state index is -0.864. The summed E-state index contributed by atoms with van der Waals surface area (Å²) >= 11 is 0. The van der Waals surface area contributed by atoms with Gasteiger partial charge < -0.3 is 25.3 Å². The molecule has 132 valence electrons. The van der Waals surface area contributed by atoms with E-state index in [-0.39, 0.29) is 5.92 Å². The van der Waals surface area contributed by atoms with Crippen molar-refractivity contribution in [3.8, 4) is 0 Å². The van der Waals surface area contributed by atoms with Crippen LogP contribution >= 0.6 is 0 Å². The predicted octanol–water partition coefficient (Wildman–Crippen LogP) is -0.207. The number of nitrogens with one attached hydrogen (secondary N) is 1. The monoisotopic (exact) mass is 324 g/mol. The Hall–Kier alpha value is -0.650. The van der Waals surface area contributed by atoms with Gasteiger partial charge >= 0.3 is 0 Å². The molecule has 1 aliphatic heterocycles. The molecule has 5 nitrogen and oxygen atoms in total. The van der Waals surface area contributed by atoms with Crippen LogP contribution in [-0.2, 0) is 9.53 Å². The number of carboxylic acids is 1. The molecule has 0 aromatic rings. The number of hydrogen-bond acceptors (Lipinski definition) is 4. The van der Waals surface area contributed by atoms with Crippen molar-refractivity contribution in [2.45, 2.75) is 88.6 Å². The molecule has 7 unspecified atom stereocenters. The van der Waals surface area contributed by atoms with E-state index in [2.05, 4.69) is 17.6 Å². The van der Waals surface area contributed by atoms with Crippen molar-refractivity contribution < 1.29 is 20.0 Å². The van der Waals surface area contributed by atoms with Crippen LogP contribution in [0.5, 0.6) is 0 Å². The number of carboxylic acid groups (broad SMARTS) is 1. The summed E-state index contributed by atoms with van der Waals surface area (Å²) in [6, 6.07) is 2.19. The van der Waals surface area contributed by atoms with E-state index in [1.165, 1.54) is 19.3 Å². The van der Waals surface area contributed by atoms with Gasteiger partial charge in [0, 0.05) is 43.9 Å². The summed E-state index contributed by atoms with van der Waals surface area (Å²) in [4.78, 5) is 11.2. The largest absolute Gasteiger partial charge is 0.550 e. The highest BCUT2D eigenvalue weighted by Crippen LogP contribution is 2.33. The van der Waals surface area contributed by atoms with Gasteiger partial charge in [0.25, 0.3) is 0 Å². The highest BCUT2D eigenvalue weighted by Gasteiger charge is 2.43. The van der Waals surface area contributed by atoms with Gasteiger partial charge in [-0.15, -0.1) is 0 Å². The smallest absolute Gasteiger partial charge is 0.0906 e. The third kappa shape index (κ3) is 4.06. The number of hydrogen-bond donors (Lipinski definition) is 2. The highest BCUT2D eigenvalue weighted by atomic mass is 16.5. The summed E-state index contributed by atoms with van der Waals surface area (Å²) in [5, 5.41) is 17.6. The van der Waals surface area contributed by atoms with Crippen LogP contribution in [-0.4, -0.2) is 43.4 Å². The number of methoxy groups -OCH3 is 1. The average Bonchev–Trinajstić information content (AvgIpc) is 2.54. The van der Waals surface area contributed by atoms with E-state index in [1.54, 1.807) is 0 Å². The lowest BCUT2D eigenvalue weighted by Crippen LogP contribution is -2.99. The number of carbonyl (C=O) groups excluding carboxylic acids is 1. The molecule has 3 rings (SSSR count). The normalized spacial score (nSPS) is 44.5. The number of quaternary nitrogens is 1. The molecular formula is C18H32N2O3. The standard InChI is InChI=1S/C18H32N2O3/c1-11-8-17(15-10-14(23-2)6-7-16(15)19-11)20-13-5-3-4-12(9-13)18(21)22/h11-17,19-20H,3-10H2,1-2H3,(H,21,22). The topological polar surface area (TPSA) is 78.0 Å². The van der Waals surface area contributed by atoms with Crippen LogP contribution in [0.4, 0.5) is 0 Å². The maximum atomic E-state index is 11.2. The summed E-state index contributed by atoms with van der Waals surface area (Å²) in [6.45, 7) is 2.32. The van der Waals surface area contributed by atoms with Crippen LogP contribution in [0.1, 0.15) is 58.3 Å². The first-order valence-electron chi connectivity index (χ1n) is 9.41. The van der Waals surface area contributed by atoms with Crippen LogP contribution in [0, 0.1) is 11.8 Å². The number of carbonyl (C=O) groups is 1. The van der Waals surface area contributed by atoms with Crippen LogP contribution in [0.2, 0.25) is 0 Å². The van der Waals surface area contributed by atoms with Gasteiger partial charge in [0.15, 0.2) is 0 Å². The molecule has 0 aromatic heterocycles. The van der Waals surface area contributed by atoms with Crippen molar-refractivity contribution in [2.24, 2.45) is 11.8 Å². The van der Waals surface area contributed by atoms with Gasteiger partial charge in [0.2, 0.25) is 0 Å². The number of rotatable bonds is 4. The Morgan fingerprint density at radius 1 is 1.17 bits per heavy atom. The van der Waals surface area contributed by atoms with Crippen LogP contribution < -0.4 is 15.7 Å². The SMILES string of the molecule is COC1CCC2[NH2+]C(C)CC(NC3CCCC(C(=O)[O-])C3)C2C1. The van der Waals surface area contributed by atoms with Crippen molar-refractivity contribution in [3.05, 3.63) is 0 Å². The summed E-state index contributed by atoms with van der Waals surface area (Å²) in [7, 11) is 1.83. The molecule has 0 radical (unpaired) electrons. The second-order valence-corrected chi connectivity index (χ2v) is 8.06. The first kappa shape index (κ1) is 17.2. The number of nitrogens with two attached hydrogens (primary N) is 1. The van der Waals surface area contributed by atoms with Gasteiger partial charge in [0.1, 0.15) is 0 Å². The molecule has 3 fully saturated rings. The van der Waals surface area contributed by atoms with Crippen molar-refractivity contribution in [2.75, 3.05) is 7.11 Å². The molecule has 7 atom stereocenters. The molecule has 23 heavy (non-hydrogen) atoms. The molecular weight excluding hydrogens is 292 g/mol. The minimum Gasteiger partial charge on any atom is -0.550 e. The van der Waals surface area contributed by atoms with E-state index >= 15 is 0 Å². The van der Waals surface area contributed by atoms with Gasteiger partial charge in [0.05, 0.1) is 18.2 Å². The van der Waals surface area contributed by atoms with Gasteiger partial charge in [-0.05, 0) is 44.9 Å². The molecule has 3 N–H and O–H groups in total. The molecule has 3 aliphatic rings. The molecule has 2 aliphatic carbocycles. The van der Waals surface area contributed by atoms with E-state index in [0.29, 0.717) is 36.2 Å². The predicted molar refractivity (Wildman–Crippen MR) is 85.6 cm³/mol. The van der Waals surface area contributed by atoms with E-state index in [9.17, 15) is 9.90 Å². The van der Waals surface area contributed by atoms with Crippen molar-refractivity contribution in [1.29, 1.82) is 0 Å². The van der Waals surface area contributed by atoms with Crippen molar-refractivity contribution in [3.63, 3.8) is 0 Å². The van der Waals surface area contributed by atoms with Gasteiger partial charge in [-0.2, -0.15) is 0 Å². The van der Waals surface area contributed by atoms with Crippen LogP contribution in [0.15, 0.2) is 0 Å². The molecule has 5 heteroatoms. The third-order valence-corrected chi connectivity index (χ3v) is 6.42. The molecule has 0 bridgehead atoms. The lowest BCUT2D eigenvalue weighted by atomic mass is 9.73. The summed E-state index contributed by atoms with van der Waals surface area (Å²) in [5.41, 5.74) is 0. The van der Waals surface area contributed by atoms with E-state index < -0.39 is 5.97 Å². The van der Waals surface area contributed by atoms with E-state index in [1.807, 2.05) is 7.11 Å². The quantitative estimate of drug-likeness (QED) is 0.750. The zero-order chi connectivity index (χ0) is 16.4. The maximum Gasteiger partial charge on any atom is 0.0906 e. The third-order valence-electron chi connectivity index (χ3n) is 6.42. The Balaban J connectivity index is 1.63. The fraction of sp³-hybridized carbons (Fsp3) is 0.944. The molecule has 1 saturated heterocycles. The molecule has 1 heterocycles. The first-order chi connectivity index (χ1) is 11.1. The molecule has 0 amide bonds. The molecule has 0 aromatic carbocycles. The zero-order valence-electron chi connectivity index (χ0n) is 14.5. The highest BCUT2D eigenvalue weighted by molar-refractivity contribution is 5.67. The maximum absolute atomic E-state index is 11.2. The summed E-state index contributed by atoms with van der Waals surface area (Å²) in [6.07, 6.45) is 8.73. The lowest BCUT2D eigenvalue weighted by Gasteiger charge is -2.46. The lowest BCUT2D eigenvalue weighted by molar-refractivity contribution is -0.737. The second kappa shape index (κ2) is 7.49. The minimum absolute atomic E-state index is 0.261. The molecule has 2 saturated carbocycles. The second-order valence-electron chi connectivity index (χ2n) is 8.06. The Kier molecular flexibility index (Phi) is 5.60. The average molecular weight is 324 g/mol. The Morgan fingerprint density at radius 3 is 2.74 bits per heavy atom. The zero-order valence-corrected chi connectivity index (χ0v) is 14.5. The van der Waals surface area contributed by atoms with E-state index in [4.69, 9.17) is 4.74 Å². The fourth-order valence-corrected chi connectivity index (χ4v) is 5.23. The summed E-state index contributed by atoms with van der Waals surface area (Å²) < 4.78 is 5.63.